The molecule has 27 heavy (non-hydrogen) atoms. The van der Waals surface area contributed by atoms with Crippen molar-refractivity contribution in [2.45, 2.75) is 26.2 Å². The second-order valence-corrected chi connectivity index (χ2v) is 6.23. The molecule has 0 fully saturated rings. The lowest BCUT2D eigenvalue weighted by molar-refractivity contribution is 0.295. The van der Waals surface area contributed by atoms with Crippen molar-refractivity contribution in [2.24, 2.45) is 0 Å². The Morgan fingerprint density at radius 3 is 2.70 bits per heavy atom. The molecule has 5 heteroatoms. The number of rotatable bonds is 7. The van der Waals surface area contributed by atoms with Gasteiger partial charge in [-0.2, -0.15) is 5.26 Å². The van der Waals surface area contributed by atoms with Crippen LogP contribution in [0.1, 0.15) is 31.7 Å². The Labute approximate surface area is 158 Å². The van der Waals surface area contributed by atoms with Crippen molar-refractivity contribution in [3.63, 3.8) is 0 Å². The Hall–Kier alpha value is -3.13. The summed E-state index contributed by atoms with van der Waals surface area (Å²) >= 11 is 0. The van der Waals surface area contributed by atoms with Crippen LogP contribution in [0.15, 0.2) is 42.5 Å². The van der Waals surface area contributed by atoms with Gasteiger partial charge in [-0.25, -0.2) is 9.37 Å². The summed E-state index contributed by atoms with van der Waals surface area (Å²) in [6.07, 6.45) is 3.01. The smallest absolute Gasteiger partial charge is 0.232 e. The van der Waals surface area contributed by atoms with Gasteiger partial charge >= 0.3 is 0 Å². The summed E-state index contributed by atoms with van der Waals surface area (Å²) in [6, 6.07) is 13.8. The first-order valence-electron chi connectivity index (χ1n) is 8.98. The van der Waals surface area contributed by atoms with Crippen LogP contribution in [0.5, 0.6) is 11.6 Å². The van der Waals surface area contributed by atoms with Gasteiger partial charge in [0.15, 0.2) is 0 Å². The molecule has 3 aromatic rings. The van der Waals surface area contributed by atoms with Gasteiger partial charge in [-0.3, -0.25) is 0 Å². The van der Waals surface area contributed by atoms with Crippen molar-refractivity contribution in [3.05, 3.63) is 53.8 Å². The number of fused-ring (bicyclic) bond motifs is 1. The molecule has 0 spiro atoms. The number of halogens is 1. The lowest BCUT2D eigenvalue weighted by atomic mass is 9.96. The van der Waals surface area contributed by atoms with E-state index in [9.17, 15) is 9.65 Å². The summed E-state index contributed by atoms with van der Waals surface area (Å²) in [4.78, 5) is 4.53. The van der Waals surface area contributed by atoms with E-state index in [2.05, 4.69) is 18.0 Å². The SMILES string of the molecule is CCCCCOc1nc2ccc(OC)cc2c(-c2cccc(F)c2)c1C#N. The number of ether oxygens (including phenoxy) is 2. The van der Waals surface area contributed by atoms with Gasteiger partial charge in [-0.1, -0.05) is 31.9 Å². The monoisotopic (exact) mass is 364 g/mol. The van der Waals surface area contributed by atoms with Crippen molar-refractivity contribution < 1.29 is 13.9 Å². The van der Waals surface area contributed by atoms with Crippen LogP contribution in [0.25, 0.3) is 22.0 Å². The molecule has 0 atom stereocenters. The van der Waals surface area contributed by atoms with E-state index in [1.165, 1.54) is 12.1 Å². The summed E-state index contributed by atoms with van der Waals surface area (Å²) in [6.45, 7) is 2.60. The topological polar surface area (TPSA) is 55.1 Å². The maximum Gasteiger partial charge on any atom is 0.232 e. The zero-order chi connectivity index (χ0) is 19.2. The molecule has 0 saturated carbocycles. The Morgan fingerprint density at radius 2 is 2.00 bits per heavy atom. The first-order valence-corrected chi connectivity index (χ1v) is 8.98. The molecule has 0 aliphatic heterocycles. The van der Waals surface area contributed by atoms with E-state index in [1.54, 1.807) is 25.3 Å². The van der Waals surface area contributed by atoms with Gasteiger partial charge < -0.3 is 9.47 Å². The highest BCUT2D eigenvalue weighted by Gasteiger charge is 2.19. The standard InChI is InChI=1S/C22H21FN2O2/c1-3-4-5-11-27-22-19(14-24)21(15-7-6-8-16(23)12-15)18-13-17(26-2)9-10-20(18)25-22/h6-10,12-13H,3-5,11H2,1-2H3. The summed E-state index contributed by atoms with van der Waals surface area (Å²) in [5, 5.41) is 10.5. The number of methoxy groups -OCH3 is 1. The van der Waals surface area contributed by atoms with E-state index in [1.807, 2.05) is 12.1 Å². The van der Waals surface area contributed by atoms with Crippen LogP contribution >= 0.6 is 0 Å². The summed E-state index contributed by atoms with van der Waals surface area (Å²) in [5.74, 6) is 0.558. The average Bonchev–Trinajstić information content (AvgIpc) is 2.69. The largest absolute Gasteiger partial charge is 0.497 e. The summed E-state index contributed by atoms with van der Waals surface area (Å²) in [7, 11) is 1.58. The molecule has 0 saturated heterocycles. The normalized spacial score (nSPS) is 10.6. The molecule has 0 unspecified atom stereocenters. The fourth-order valence-electron chi connectivity index (χ4n) is 3.02. The number of pyridine rings is 1. The highest BCUT2D eigenvalue weighted by molar-refractivity contribution is 5.99. The molecular formula is C22H21FN2O2. The Kier molecular flexibility index (Phi) is 5.87. The third-order valence-corrected chi connectivity index (χ3v) is 4.37. The van der Waals surface area contributed by atoms with Crippen LogP contribution in [0.2, 0.25) is 0 Å². The van der Waals surface area contributed by atoms with Crippen LogP contribution in [0.3, 0.4) is 0 Å². The molecule has 0 radical (unpaired) electrons. The van der Waals surface area contributed by atoms with Crippen LogP contribution in [-0.2, 0) is 0 Å². The molecule has 4 nitrogen and oxygen atoms in total. The number of nitrogens with zero attached hydrogens (tertiary/aromatic N) is 2. The van der Waals surface area contributed by atoms with Crippen LogP contribution in [0, 0.1) is 17.1 Å². The zero-order valence-electron chi connectivity index (χ0n) is 15.5. The summed E-state index contributed by atoms with van der Waals surface area (Å²) < 4.78 is 25.0. The van der Waals surface area contributed by atoms with Gasteiger partial charge in [0.1, 0.15) is 23.2 Å². The van der Waals surface area contributed by atoms with Gasteiger partial charge in [-0.05, 0) is 42.3 Å². The molecule has 3 rings (SSSR count). The molecule has 0 aliphatic rings. The fraction of sp³-hybridized carbons (Fsp3) is 0.273. The van der Waals surface area contributed by atoms with Gasteiger partial charge in [0.05, 0.1) is 19.2 Å². The predicted molar refractivity (Wildman–Crippen MR) is 103 cm³/mol. The first-order chi connectivity index (χ1) is 13.2. The number of aromatic nitrogens is 1. The fourth-order valence-corrected chi connectivity index (χ4v) is 3.02. The molecule has 138 valence electrons. The van der Waals surface area contributed by atoms with Crippen molar-refractivity contribution in [1.29, 1.82) is 5.26 Å². The molecule has 0 bridgehead atoms. The molecule has 1 aromatic heterocycles. The van der Waals surface area contributed by atoms with E-state index in [-0.39, 0.29) is 11.7 Å². The van der Waals surface area contributed by atoms with E-state index >= 15 is 0 Å². The van der Waals surface area contributed by atoms with Crippen molar-refractivity contribution in [1.82, 2.24) is 4.98 Å². The van der Waals surface area contributed by atoms with Crippen molar-refractivity contribution in [2.75, 3.05) is 13.7 Å². The highest BCUT2D eigenvalue weighted by atomic mass is 19.1. The maximum absolute atomic E-state index is 13.9. The minimum Gasteiger partial charge on any atom is -0.497 e. The minimum atomic E-state index is -0.366. The second-order valence-electron chi connectivity index (χ2n) is 6.23. The van der Waals surface area contributed by atoms with Gasteiger partial charge in [0.2, 0.25) is 5.88 Å². The van der Waals surface area contributed by atoms with Crippen molar-refractivity contribution >= 4 is 10.9 Å². The maximum atomic E-state index is 13.9. The van der Waals surface area contributed by atoms with E-state index in [0.29, 0.717) is 34.6 Å². The number of unbranched alkanes of at least 4 members (excludes halogenated alkanes) is 2. The Balaban J connectivity index is 2.22. The van der Waals surface area contributed by atoms with E-state index in [4.69, 9.17) is 9.47 Å². The number of nitriles is 1. The lowest BCUT2D eigenvalue weighted by Crippen LogP contribution is -2.03. The van der Waals surface area contributed by atoms with Crippen LogP contribution in [-0.4, -0.2) is 18.7 Å². The predicted octanol–water partition coefficient (Wildman–Crippen LogP) is 5.49. The molecular weight excluding hydrogens is 343 g/mol. The van der Waals surface area contributed by atoms with Crippen molar-refractivity contribution in [3.8, 4) is 28.8 Å². The molecule has 1 heterocycles. The summed E-state index contributed by atoms with van der Waals surface area (Å²) in [5.41, 5.74) is 2.18. The molecule has 0 N–H and O–H groups in total. The third-order valence-electron chi connectivity index (χ3n) is 4.37. The lowest BCUT2D eigenvalue weighted by Gasteiger charge is -2.14. The minimum absolute atomic E-state index is 0.283. The number of benzene rings is 2. The first kappa shape index (κ1) is 18.7. The second kappa shape index (κ2) is 8.50. The number of hydrogen-bond donors (Lipinski definition) is 0. The molecule has 0 amide bonds. The van der Waals surface area contributed by atoms with Crippen LogP contribution in [0.4, 0.5) is 4.39 Å². The van der Waals surface area contributed by atoms with E-state index in [0.717, 1.165) is 24.6 Å². The van der Waals surface area contributed by atoms with Gasteiger partial charge in [0, 0.05) is 10.9 Å². The van der Waals surface area contributed by atoms with Gasteiger partial charge in [-0.15, -0.1) is 0 Å². The Morgan fingerprint density at radius 1 is 1.15 bits per heavy atom. The highest BCUT2D eigenvalue weighted by Crippen LogP contribution is 2.37. The third kappa shape index (κ3) is 4.01. The van der Waals surface area contributed by atoms with Crippen LogP contribution < -0.4 is 9.47 Å². The number of hydrogen-bond acceptors (Lipinski definition) is 4. The van der Waals surface area contributed by atoms with Gasteiger partial charge in [0.25, 0.3) is 0 Å². The Bertz CT molecular complexity index is 996. The zero-order valence-corrected chi connectivity index (χ0v) is 15.5. The van der Waals surface area contributed by atoms with E-state index < -0.39 is 0 Å². The molecule has 2 aromatic carbocycles. The molecule has 0 aliphatic carbocycles. The quantitative estimate of drug-likeness (QED) is 0.520. The average molecular weight is 364 g/mol.